The number of thioether (sulfide) groups is 2. The molecule has 1 saturated heterocycles. The summed E-state index contributed by atoms with van der Waals surface area (Å²) < 4.78 is 0. The summed E-state index contributed by atoms with van der Waals surface area (Å²) in [7, 11) is 0. The van der Waals surface area contributed by atoms with Crippen LogP contribution in [0.3, 0.4) is 0 Å². The van der Waals surface area contributed by atoms with Gasteiger partial charge >= 0.3 is 5.97 Å². The number of allylic oxidation sites excluding steroid dienone is 2. The van der Waals surface area contributed by atoms with Gasteiger partial charge in [-0.25, -0.2) is 0 Å². The van der Waals surface area contributed by atoms with E-state index in [4.69, 9.17) is 17.3 Å². The Bertz CT molecular complexity index is 1040. The largest absolute Gasteiger partial charge is 0.480 e. The molecule has 40 heavy (non-hydrogen) atoms. The van der Waals surface area contributed by atoms with Gasteiger partial charge in [0.1, 0.15) is 11.5 Å². The van der Waals surface area contributed by atoms with Crippen LogP contribution in [0.1, 0.15) is 110 Å². The topological polar surface area (TPSA) is 60.9 Å². The number of carbonyl (C=O) groups is 2. The fourth-order valence-corrected chi connectivity index (χ4v) is 7.43. The first-order valence-electron chi connectivity index (χ1n) is 15.2. The molecule has 5 nitrogen and oxygen atoms in total. The van der Waals surface area contributed by atoms with Gasteiger partial charge < -0.3 is 10.0 Å². The van der Waals surface area contributed by atoms with E-state index in [1.165, 1.54) is 107 Å². The highest BCUT2D eigenvalue weighted by molar-refractivity contribution is 8.19. The number of carboxylic acid groups (broad SMARTS) is 1. The second-order valence-corrected chi connectivity index (χ2v) is 13.2. The molecular formula is C32H46N2O3S3. The molecule has 1 amide bonds. The van der Waals surface area contributed by atoms with Gasteiger partial charge in [0.05, 0.1) is 15.6 Å². The van der Waals surface area contributed by atoms with Crippen LogP contribution in [0.5, 0.6) is 0 Å². The maximum absolute atomic E-state index is 12.2. The van der Waals surface area contributed by atoms with Crippen LogP contribution < -0.4 is 4.90 Å². The number of aliphatic carboxylic acids is 1. The van der Waals surface area contributed by atoms with Crippen molar-refractivity contribution in [3.63, 3.8) is 0 Å². The third kappa shape index (κ3) is 10.9. The molecule has 2 aliphatic heterocycles. The van der Waals surface area contributed by atoms with Gasteiger partial charge in [0.25, 0.3) is 5.24 Å². The fourth-order valence-electron chi connectivity index (χ4n) is 5.16. The van der Waals surface area contributed by atoms with E-state index in [0.29, 0.717) is 9.89 Å². The molecule has 1 aromatic carbocycles. The van der Waals surface area contributed by atoms with Gasteiger partial charge in [0.15, 0.2) is 0 Å². The number of anilines is 1. The highest BCUT2D eigenvalue weighted by Gasteiger charge is 2.33. The molecule has 0 spiro atoms. The number of thiocarbonyl (C=S) groups is 1. The van der Waals surface area contributed by atoms with Crippen LogP contribution in [0, 0.1) is 0 Å². The van der Waals surface area contributed by atoms with E-state index in [0.717, 1.165) is 34.7 Å². The van der Waals surface area contributed by atoms with Gasteiger partial charge in [-0.2, -0.15) is 0 Å². The SMILES string of the molecule is CCCCCCCCCCCCCCCCCCN1/C(=C\C=C2\SC(=O)N(CC(=O)O)C2=S)Sc2ccccc21. The number of unbranched alkanes of at least 4 members (excludes halogenated alkanes) is 15. The van der Waals surface area contributed by atoms with Crippen molar-refractivity contribution < 1.29 is 14.7 Å². The number of rotatable bonds is 20. The molecule has 0 radical (unpaired) electrons. The molecule has 3 rings (SSSR count). The Labute approximate surface area is 255 Å². The molecule has 1 aromatic rings. The maximum Gasteiger partial charge on any atom is 0.323 e. The number of fused-ring (bicyclic) bond motifs is 1. The molecule has 2 aliphatic rings. The predicted octanol–water partition coefficient (Wildman–Crippen LogP) is 10.2. The zero-order valence-corrected chi connectivity index (χ0v) is 26.5. The molecule has 1 N–H and O–H groups in total. The lowest BCUT2D eigenvalue weighted by atomic mass is 10.0. The summed E-state index contributed by atoms with van der Waals surface area (Å²) in [6.45, 7) is 2.84. The zero-order chi connectivity index (χ0) is 28.6. The summed E-state index contributed by atoms with van der Waals surface area (Å²) in [4.78, 5) is 28.9. The van der Waals surface area contributed by atoms with Crippen LogP contribution in [-0.4, -0.2) is 39.3 Å². The second-order valence-electron chi connectivity index (χ2n) is 10.7. The minimum absolute atomic E-state index is 0.291. The average Bonchev–Trinajstić information content (AvgIpc) is 3.42. The molecule has 8 heteroatoms. The van der Waals surface area contributed by atoms with Crippen molar-refractivity contribution in [3.05, 3.63) is 46.4 Å². The minimum atomic E-state index is -1.07. The first-order valence-corrected chi connectivity index (χ1v) is 17.3. The lowest BCUT2D eigenvalue weighted by Gasteiger charge is -2.20. The van der Waals surface area contributed by atoms with Gasteiger partial charge in [0.2, 0.25) is 0 Å². The van der Waals surface area contributed by atoms with E-state index in [1.807, 2.05) is 12.2 Å². The molecule has 0 atom stereocenters. The van der Waals surface area contributed by atoms with Crippen LogP contribution in [0.25, 0.3) is 0 Å². The summed E-state index contributed by atoms with van der Waals surface area (Å²) in [5, 5.41) is 9.85. The Morgan fingerprint density at radius 3 is 1.93 bits per heavy atom. The number of nitrogens with zero attached hydrogens (tertiary/aromatic N) is 2. The third-order valence-corrected chi connectivity index (χ3v) is 10.1. The number of benzene rings is 1. The Hall–Kier alpha value is -1.77. The van der Waals surface area contributed by atoms with Crippen LogP contribution >= 0.6 is 35.7 Å². The van der Waals surface area contributed by atoms with E-state index >= 15 is 0 Å². The number of amides is 1. The van der Waals surface area contributed by atoms with Crippen molar-refractivity contribution in [3.8, 4) is 0 Å². The van der Waals surface area contributed by atoms with Gasteiger partial charge in [-0.05, 0) is 42.5 Å². The summed E-state index contributed by atoms with van der Waals surface area (Å²) in [6, 6.07) is 8.44. The van der Waals surface area contributed by atoms with Gasteiger partial charge in [-0.3, -0.25) is 14.5 Å². The normalized spacial score (nSPS) is 17.0. The Kier molecular flexibility index (Phi) is 15.2. The van der Waals surface area contributed by atoms with Crippen molar-refractivity contribution in [2.24, 2.45) is 0 Å². The summed E-state index contributed by atoms with van der Waals surface area (Å²) in [5.74, 6) is -1.07. The van der Waals surface area contributed by atoms with Crippen molar-refractivity contribution in [1.82, 2.24) is 4.90 Å². The fraction of sp³-hybridized carbons (Fsp3) is 0.594. The molecular weight excluding hydrogens is 557 g/mol. The molecule has 0 aromatic heterocycles. The quantitative estimate of drug-likeness (QED) is 0.0905. The predicted molar refractivity (Wildman–Crippen MR) is 175 cm³/mol. The van der Waals surface area contributed by atoms with Crippen LogP contribution in [-0.2, 0) is 4.79 Å². The number of hydrogen-bond acceptors (Lipinski definition) is 6. The summed E-state index contributed by atoms with van der Waals surface area (Å²) in [5.41, 5.74) is 1.23. The van der Waals surface area contributed by atoms with Crippen LogP contribution in [0.4, 0.5) is 10.5 Å². The summed E-state index contributed by atoms with van der Waals surface area (Å²) in [6.07, 6.45) is 25.7. The van der Waals surface area contributed by atoms with Gasteiger partial charge in [-0.1, -0.05) is 139 Å². The number of para-hydroxylation sites is 1. The van der Waals surface area contributed by atoms with E-state index in [1.54, 1.807) is 11.8 Å². The monoisotopic (exact) mass is 602 g/mol. The first-order chi connectivity index (χ1) is 19.5. The highest BCUT2D eigenvalue weighted by Crippen LogP contribution is 2.46. The molecule has 220 valence electrons. The van der Waals surface area contributed by atoms with Crippen molar-refractivity contribution in [2.45, 2.75) is 115 Å². The molecule has 0 aliphatic carbocycles. The Morgan fingerprint density at radius 2 is 1.35 bits per heavy atom. The Morgan fingerprint density at radius 1 is 0.800 bits per heavy atom. The summed E-state index contributed by atoms with van der Waals surface area (Å²) >= 11 is 8.11. The van der Waals surface area contributed by atoms with Gasteiger partial charge in [-0.15, -0.1) is 0 Å². The van der Waals surface area contributed by atoms with Crippen LogP contribution in [0.2, 0.25) is 0 Å². The molecule has 2 heterocycles. The van der Waals surface area contributed by atoms with E-state index in [9.17, 15) is 9.59 Å². The average molecular weight is 603 g/mol. The minimum Gasteiger partial charge on any atom is -0.480 e. The van der Waals surface area contributed by atoms with E-state index in [2.05, 4.69) is 36.1 Å². The van der Waals surface area contributed by atoms with E-state index in [-0.39, 0.29) is 5.24 Å². The third-order valence-electron chi connectivity index (χ3n) is 7.42. The van der Waals surface area contributed by atoms with Gasteiger partial charge in [0, 0.05) is 11.4 Å². The molecule has 0 unspecified atom stereocenters. The van der Waals surface area contributed by atoms with Crippen molar-refractivity contribution in [1.29, 1.82) is 0 Å². The second kappa shape index (κ2) is 18.6. The Balaban J connectivity index is 1.35. The van der Waals surface area contributed by atoms with Crippen molar-refractivity contribution >= 4 is 57.6 Å². The smallest absolute Gasteiger partial charge is 0.323 e. The van der Waals surface area contributed by atoms with Crippen molar-refractivity contribution in [2.75, 3.05) is 18.0 Å². The molecule has 0 bridgehead atoms. The highest BCUT2D eigenvalue weighted by atomic mass is 32.2. The number of hydrogen-bond donors (Lipinski definition) is 1. The number of carbonyl (C=O) groups excluding carboxylic acids is 1. The first kappa shape index (κ1) is 32.7. The maximum atomic E-state index is 12.2. The van der Waals surface area contributed by atoms with E-state index < -0.39 is 12.5 Å². The lowest BCUT2D eigenvalue weighted by Crippen LogP contribution is -2.32. The standard InChI is InChI=1S/C32H46N2O3S3/c1-2-3-4-5-6-7-8-9-10-11-12-13-14-15-16-19-24-33-26-20-17-18-21-27(26)39-29(33)23-22-28-31(38)34(25-30(35)36)32(37)40-28/h17-18,20-23H,2-16,19,24-25H2,1H3,(H,35,36)/b28-22+,29-23+. The van der Waals surface area contributed by atoms with Crippen LogP contribution in [0.15, 0.2) is 51.2 Å². The molecule has 1 fully saturated rings. The lowest BCUT2D eigenvalue weighted by molar-refractivity contribution is -0.136. The zero-order valence-electron chi connectivity index (χ0n) is 24.1. The number of carboxylic acids is 1. The molecule has 0 saturated carbocycles.